The Balaban J connectivity index is 1.89. The Kier molecular flexibility index (Phi) is 3.77. The number of nitrogens with zero attached hydrogens (tertiary/aromatic N) is 1. The lowest BCUT2D eigenvalue weighted by Gasteiger charge is -2.04. The monoisotopic (exact) mass is 328 g/mol. The van der Waals surface area contributed by atoms with Crippen molar-refractivity contribution in [2.75, 3.05) is 0 Å². The van der Waals surface area contributed by atoms with Crippen LogP contribution in [0, 0.1) is 20.8 Å². The standard InChI is InChI=1S/C22H20N2O/c1-14-4-9-17(10-5-14)20-21(18-11-6-15(2)7-12-18)24-22(23-20)19-13-8-16(3)25-19/h4-13H,1-3H3,(H,23,24). The van der Waals surface area contributed by atoms with Gasteiger partial charge in [0.2, 0.25) is 0 Å². The molecule has 4 aromatic rings. The van der Waals surface area contributed by atoms with Crippen molar-refractivity contribution >= 4 is 0 Å². The predicted octanol–water partition coefficient (Wildman–Crippen LogP) is 5.93. The molecule has 124 valence electrons. The van der Waals surface area contributed by atoms with Crippen LogP contribution in [0.25, 0.3) is 34.1 Å². The molecule has 0 aliphatic rings. The Bertz CT molecular complexity index is 942. The van der Waals surface area contributed by atoms with E-state index in [1.54, 1.807) is 0 Å². The highest BCUT2D eigenvalue weighted by Gasteiger charge is 2.16. The van der Waals surface area contributed by atoms with E-state index in [1.807, 2.05) is 19.1 Å². The van der Waals surface area contributed by atoms with E-state index < -0.39 is 0 Å². The van der Waals surface area contributed by atoms with Gasteiger partial charge in [-0.2, -0.15) is 0 Å². The van der Waals surface area contributed by atoms with Crippen LogP contribution < -0.4 is 0 Å². The molecule has 2 aromatic carbocycles. The van der Waals surface area contributed by atoms with Crippen molar-refractivity contribution in [2.45, 2.75) is 20.8 Å². The predicted molar refractivity (Wildman–Crippen MR) is 101 cm³/mol. The van der Waals surface area contributed by atoms with E-state index in [2.05, 4.69) is 67.4 Å². The number of hydrogen-bond donors (Lipinski definition) is 1. The molecule has 25 heavy (non-hydrogen) atoms. The fraction of sp³-hybridized carbons (Fsp3) is 0.136. The third-order valence-corrected chi connectivity index (χ3v) is 4.34. The van der Waals surface area contributed by atoms with Crippen LogP contribution in [-0.4, -0.2) is 9.97 Å². The van der Waals surface area contributed by atoms with Gasteiger partial charge in [0.05, 0.1) is 11.4 Å². The van der Waals surface area contributed by atoms with Gasteiger partial charge in [0.25, 0.3) is 0 Å². The molecule has 0 amide bonds. The topological polar surface area (TPSA) is 41.8 Å². The molecule has 0 atom stereocenters. The molecule has 4 rings (SSSR count). The van der Waals surface area contributed by atoms with Crippen LogP contribution >= 0.6 is 0 Å². The first-order valence-corrected chi connectivity index (χ1v) is 8.41. The number of furan rings is 1. The van der Waals surface area contributed by atoms with Crippen LogP contribution in [0.5, 0.6) is 0 Å². The molecule has 3 nitrogen and oxygen atoms in total. The van der Waals surface area contributed by atoms with Crippen molar-refractivity contribution in [3.05, 3.63) is 77.6 Å². The van der Waals surface area contributed by atoms with Gasteiger partial charge in [0.15, 0.2) is 11.6 Å². The summed E-state index contributed by atoms with van der Waals surface area (Å²) in [5.41, 5.74) is 6.62. The lowest BCUT2D eigenvalue weighted by molar-refractivity contribution is 0.545. The second kappa shape index (κ2) is 6.10. The molecule has 0 spiro atoms. The fourth-order valence-corrected chi connectivity index (χ4v) is 2.90. The SMILES string of the molecule is Cc1ccc(-c2nc(-c3ccc(C)o3)[nH]c2-c2ccc(C)cc2)cc1. The minimum Gasteiger partial charge on any atom is -0.458 e. The van der Waals surface area contributed by atoms with Crippen LogP contribution in [-0.2, 0) is 0 Å². The highest BCUT2D eigenvalue weighted by atomic mass is 16.3. The molecular weight excluding hydrogens is 308 g/mol. The van der Waals surface area contributed by atoms with E-state index in [-0.39, 0.29) is 0 Å². The van der Waals surface area contributed by atoms with Crippen molar-refractivity contribution in [2.24, 2.45) is 0 Å². The van der Waals surface area contributed by atoms with Crippen molar-refractivity contribution in [1.29, 1.82) is 0 Å². The number of imidazole rings is 1. The van der Waals surface area contributed by atoms with Gasteiger partial charge in [-0.15, -0.1) is 0 Å². The maximum Gasteiger partial charge on any atom is 0.174 e. The average Bonchev–Trinajstić information content (AvgIpc) is 3.23. The molecule has 0 radical (unpaired) electrons. The molecule has 0 unspecified atom stereocenters. The summed E-state index contributed by atoms with van der Waals surface area (Å²) >= 11 is 0. The summed E-state index contributed by atoms with van der Waals surface area (Å²) in [6, 6.07) is 20.8. The first-order valence-electron chi connectivity index (χ1n) is 8.41. The number of H-pyrrole nitrogens is 1. The summed E-state index contributed by atoms with van der Waals surface area (Å²) in [6.45, 7) is 6.12. The quantitative estimate of drug-likeness (QED) is 0.506. The first-order chi connectivity index (χ1) is 12.1. The second-order valence-electron chi connectivity index (χ2n) is 6.45. The summed E-state index contributed by atoms with van der Waals surface area (Å²) in [6.07, 6.45) is 0. The van der Waals surface area contributed by atoms with Crippen molar-refractivity contribution in [3.8, 4) is 34.1 Å². The van der Waals surface area contributed by atoms with Gasteiger partial charge < -0.3 is 9.40 Å². The van der Waals surface area contributed by atoms with E-state index >= 15 is 0 Å². The Morgan fingerprint density at radius 3 is 1.88 bits per heavy atom. The van der Waals surface area contributed by atoms with Crippen molar-refractivity contribution in [3.63, 3.8) is 0 Å². The Labute approximate surface area is 147 Å². The number of rotatable bonds is 3. The summed E-state index contributed by atoms with van der Waals surface area (Å²) in [5.74, 6) is 2.38. The van der Waals surface area contributed by atoms with Crippen molar-refractivity contribution in [1.82, 2.24) is 9.97 Å². The van der Waals surface area contributed by atoms with Gasteiger partial charge in [-0.25, -0.2) is 4.98 Å². The smallest absolute Gasteiger partial charge is 0.174 e. The van der Waals surface area contributed by atoms with Gasteiger partial charge in [-0.3, -0.25) is 0 Å². The molecule has 0 bridgehead atoms. The zero-order chi connectivity index (χ0) is 17.4. The van der Waals surface area contributed by atoms with Gasteiger partial charge in [-0.1, -0.05) is 59.7 Å². The van der Waals surface area contributed by atoms with Crippen molar-refractivity contribution < 1.29 is 4.42 Å². The second-order valence-corrected chi connectivity index (χ2v) is 6.45. The lowest BCUT2D eigenvalue weighted by atomic mass is 10.0. The highest BCUT2D eigenvalue weighted by Crippen LogP contribution is 2.33. The normalized spacial score (nSPS) is 11.0. The van der Waals surface area contributed by atoms with Gasteiger partial charge in [0.1, 0.15) is 5.76 Å². The third kappa shape index (κ3) is 3.01. The van der Waals surface area contributed by atoms with Crippen LogP contribution in [0.15, 0.2) is 65.1 Å². The van der Waals surface area contributed by atoms with E-state index in [1.165, 1.54) is 11.1 Å². The Hall–Kier alpha value is -3.07. The minimum atomic E-state index is 0.749. The first kappa shape index (κ1) is 15.5. The lowest BCUT2D eigenvalue weighted by Crippen LogP contribution is -1.84. The van der Waals surface area contributed by atoms with E-state index in [0.717, 1.165) is 39.9 Å². The van der Waals surface area contributed by atoms with Crippen LogP contribution in [0.2, 0.25) is 0 Å². The molecule has 1 N–H and O–H groups in total. The van der Waals surface area contributed by atoms with Gasteiger partial charge in [-0.05, 0) is 32.9 Å². The number of hydrogen-bond acceptors (Lipinski definition) is 2. The summed E-state index contributed by atoms with van der Waals surface area (Å²) in [7, 11) is 0. The molecule has 0 saturated carbocycles. The summed E-state index contributed by atoms with van der Waals surface area (Å²) < 4.78 is 5.75. The number of aromatic amines is 1. The molecule has 2 heterocycles. The fourth-order valence-electron chi connectivity index (χ4n) is 2.90. The third-order valence-electron chi connectivity index (χ3n) is 4.34. The summed E-state index contributed by atoms with van der Waals surface area (Å²) in [4.78, 5) is 8.30. The molecule has 0 aliphatic carbocycles. The molecule has 0 saturated heterocycles. The van der Waals surface area contributed by atoms with Crippen LogP contribution in [0.4, 0.5) is 0 Å². The molecular formula is C22H20N2O. The van der Waals surface area contributed by atoms with Crippen LogP contribution in [0.3, 0.4) is 0 Å². The highest BCUT2D eigenvalue weighted by molar-refractivity contribution is 5.80. The minimum absolute atomic E-state index is 0.749. The van der Waals surface area contributed by atoms with E-state index in [4.69, 9.17) is 9.40 Å². The largest absolute Gasteiger partial charge is 0.458 e. The molecule has 0 fully saturated rings. The molecule has 3 heteroatoms. The van der Waals surface area contributed by atoms with E-state index in [0.29, 0.717) is 0 Å². The molecule has 2 aromatic heterocycles. The number of aromatic nitrogens is 2. The van der Waals surface area contributed by atoms with E-state index in [9.17, 15) is 0 Å². The van der Waals surface area contributed by atoms with Gasteiger partial charge >= 0.3 is 0 Å². The zero-order valence-electron chi connectivity index (χ0n) is 14.6. The Morgan fingerprint density at radius 1 is 0.720 bits per heavy atom. The van der Waals surface area contributed by atoms with Crippen LogP contribution in [0.1, 0.15) is 16.9 Å². The zero-order valence-corrected chi connectivity index (χ0v) is 14.6. The number of aryl methyl sites for hydroxylation is 3. The Morgan fingerprint density at radius 2 is 1.32 bits per heavy atom. The number of nitrogens with one attached hydrogen (secondary N) is 1. The maximum atomic E-state index is 5.75. The average molecular weight is 328 g/mol. The summed E-state index contributed by atoms with van der Waals surface area (Å²) in [5, 5.41) is 0. The number of benzene rings is 2. The maximum absolute atomic E-state index is 5.75. The molecule has 0 aliphatic heterocycles. The van der Waals surface area contributed by atoms with Gasteiger partial charge in [0, 0.05) is 11.1 Å².